The summed E-state index contributed by atoms with van der Waals surface area (Å²) in [6, 6.07) is 0. The van der Waals surface area contributed by atoms with E-state index >= 15 is 0 Å². The molecule has 0 aromatic carbocycles. The minimum absolute atomic E-state index is 0. The normalized spacial score (nSPS) is 23.0. The van der Waals surface area contributed by atoms with Gasteiger partial charge >= 0.3 is 0 Å². The Morgan fingerprint density at radius 1 is 1.33 bits per heavy atom. The molecule has 1 saturated heterocycles. The molecule has 1 aliphatic heterocycles. The van der Waals surface area contributed by atoms with Gasteiger partial charge in [0.25, 0.3) is 5.92 Å². The van der Waals surface area contributed by atoms with Crippen molar-refractivity contribution in [2.24, 2.45) is 5.73 Å². The number of alkyl halides is 2. The van der Waals surface area contributed by atoms with Gasteiger partial charge in [-0.3, -0.25) is 0 Å². The van der Waals surface area contributed by atoms with Crippen molar-refractivity contribution < 1.29 is 13.5 Å². The number of hydrogen-bond donors (Lipinski definition) is 1. The van der Waals surface area contributed by atoms with E-state index in [2.05, 4.69) is 0 Å². The summed E-state index contributed by atoms with van der Waals surface area (Å²) in [5.74, 6) is -2.79. The topological polar surface area (TPSA) is 35.2 Å². The molecular formula is C7H14ClF2NO. The van der Waals surface area contributed by atoms with E-state index in [1.807, 2.05) is 0 Å². The lowest BCUT2D eigenvalue weighted by molar-refractivity contribution is -0.0991. The van der Waals surface area contributed by atoms with Crippen molar-refractivity contribution in [1.82, 2.24) is 0 Å². The number of ether oxygens (including phenoxy) is 1. The number of rotatable bonds is 1. The van der Waals surface area contributed by atoms with E-state index in [0.29, 0.717) is 13.2 Å². The van der Waals surface area contributed by atoms with E-state index in [9.17, 15) is 8.78 Å². The van der Waals surface area contributed by atoms with Crippen molar-refractivity contribution in [2.45, 2.75) is 31.2 Å². The SMILES string of the molecule is CC(F)(F)C1(N)CCOCC1.Cl. The Morgan fingerprint density at radius 2 is 1.75 bits per heavy atom. The van der Waals surface area contributed by atoms with E-state index < -0.39 is 11.5 Å². The van der Waals surface area contributed by atoms with Gasteiger partial charge in [-0.1, -0.05) is 0 Å². The average Bonchev–Trinajstić information content (AvgIpc) is 1.87. The van der Waals surface area contributed by atoms with Crippen LogP contribution >= 0.6 is 12.4 Å². The van der Waals surface area contributed by atoms with Crippen LogP contribution < -0.4 is 5.73 Å². The third-order valence-electron chi connectivity index (χ3n) is 2.26. The first-order chi connectivity index (χ1) is 4.96. The zero-order valence-corrected chi connectivity index (χ0v) is 7.79. The molecule has 0 atom stereocenters. The first-order valence-corrected chi connectivity index (χ1v) is 3.70. The Hall–Kier alpha value is 0.0700. The maximum Gasteiger partial charge on any atom is 0.263 e. The highest BCUT2D eigenvalue weighted by Crippen LogP contribution is 2.33. The molecule has 0 saturated carbocycles. The quantitative estimate of drug-likeness (QED) is 0.699. The van der Waals surface area contributed by atoms with Crippen LogP contribution in [0.4, 0.5) is 8.78 Å². The van der Waals surface area contributed by atoms with Crippen molar-refractivity contribution in [3.8, 4) is 0 Å². The Bertz CT molecular complexity index is 143. The van der Waals surface area contributed by atoms with E-state index in [1.165, 1.54) is 0 Å². The third kappa shape index (κ3) is 2.28. The second-order valence-corrected chi connectivity index (χ2v) is 3.16. The van der Waals surface area contributed by atoms with Gasteiger partial charge in [-0.2, -0.15) is 0 Å². The molecule has 0 unspecified atom stereocenters. The van der Waals surface area contributed by atoms with Crippen LogP contribution in [0.1, 0.15) is 19.8 Å². The molecule has 0 radical (unpaired) electrons. The van der Waals surface area contributed by atoms with Crippen molar-refractivity contribution in [1.29, 1.82) is 0 Å². The molecule has 1 aliphatic rings. The highest BCUT2D eigenvalue weighted by molar-refractivity contribution is 5.85. The summed E-state index contributed by atoms with van der Waals surface area (Å²) in [5, 5.41) is 0. The Balaban J connectivity index is 0.00000121. The van der Waals surface area contributed by atoms with Gasteiger partial charge in [-0.15, -0.1) is 12.4 Å². The van der Waals surface area contributed by atoms with Crippen LogP contribution in [-0.2, 0) is 4.74 Å². The Morgan fingerprint density at radius 3 is 2.00 bits per heavy atom. The van der Waals surface area contributed by atoms with Crippen molar-refractivity contribution in [3.05, 3.63) is 0 Å². The molecule has 12 heavy (non-hydrogen) atoms. The molecule has 0 amide bonds. The first kappa shape index (κ1) is 12.1. The average molecular weight is 202 g/mol. The molecule has 2 nitrogen and oxygen atoms in total. The maximum absolute atomic E-state index is 12.8. The summed E-state index contributed by atoms with van der Waals surface area (Å²) < 4.78 is 30.6. The van der Waals surface area contributed by atoms with Crippen molar-refractivity contribution >= 4 is 12.4 Å². The monoisotopic (exact) mass is 201 g/mol. The van der Waals surface area contributed by atoms with Crippen LogP contribution in [0.5, 0.6) is 0 Å². The second-order valence-electron chi connectivity index (χ2n) is 3.16. The molecule has 0 spiro atoms. The highest BCUT2D eigenvalue weighted by Gasteiger charge is 2.47. The molecule has 2 N–H and O–H groups in total. The molecule has 1 fully saturated rings. The predicted molar refractivity (Wildman–Crippen MR) is 44.8 cm³/mol. The molecule has 0 bridgehead atoms. The first-order valence-electron chi connectivity index (χ1n) is 3.70. The van der Waals surface area contributed by atoms with E-state index in [0.717, 1.165) is 6.92 Å². The fraction of sp³-hybridized carbons (Fsp3) is 1.00. The number of hydrogen-bond acceptors (Lipinski definition) is 2. The minimum Gasteiger partial charge on any atom is -0.381 e. The molecule has 0 aliphatic carbocycles. The van der Waals surface area contributed by atoms with Crippen molar-refractivity contribution in [3.63, 3.8) is 0 Å². The summed E-state index contributed by atoms with van der Waals surface area (Å²) in [6.45, 7) is 1.57. The Labute approximate surface area is 76.9 Å². The van der Waals surface area contributed by atoms with Gasteiger partial charge in [0.1, 0.15) is 0 Å². The maximum atomic E-state index is 12.8. The highest BCUT2D eigenvalue weighted by atomic mass is 35.5. The van der Waals surface area contributed by atoms with Gasteiger partial charge in [0, 0.05) is 20.1 Å². The molecule has 5 heteroatoms. The summed E-state index contributed by atoms with van der Waals surface area (Å²) in [7, 11) is 0. The molecule has 1 rings (SSSR count). The lowest BCUT2D eigenvalue weighted by Gasteiger charge is -2.37. The smallest absolute Gasteiger partial charge is 0.263 e. The largest absolute Gasteiger partial charge is 0.381 e. The van der Waals surface area contributed by atoms with Gasteiger partial charge in [0.15, 0.2) is 0 Å². The summed E-state index contributed by atoms with van der Waals surface area (Å²) in [4.78, 5) is 0. The lowest BCUT2D eigenvalue weighted by Crippen LogP contribution is -2.57. The van der Waals surface area contributed by atoms with Crippen LogP contribution in [-0.4, -0.2) is 24.7 Å². The molecule has 1 heterocycles. The molecule has 74 valence electrons. The van der Waals surface area contributed by atoms with Crippen LogP contribution in [0.25, 0.3) is 0 Å². The standard InChI is InChI=1S/C7H13F2NO.ClH/c1-6(8,9)7(10)2-4-11-5-3-7;/h2-5,10H2,1H3;1H. The Kier molecular flexibility index (Phi) is 3.87. The molecule has 0 aromatic rings. The fourth-order valence-electron chi connectivity index (χ4n) is 1.17. The van der Waals surface area contributed by atoms with Crippen LogP contribution in [0.3, 0.4) is 0 Å². The minimum atomic E-state index is -2.79. The van der Waals surface area contributed by atoms with E-state index in [-0.39, 0.29) is 25.2 Å². The number of nitrogens with two attached hydrogens (primary N) is 1. The van der Waals surface area contributed by atoms with Crippen LogP contribution in [0.15, 0.2) is 0 Å². The summed E-state index contributed by atoms with van der Waals surface area (Å²) in [5.41, 5.74) is 4.16. The van der Waals surface area contributed by atoms with Crippen LogP contribution in [0.2, 0.25) is 0 Å². The van der Waals surface area contributed by atoms with Gasteiger partial charge < -0.3 is 10.5 Å². The zero-order valence-electron chi connectivity index (χ0n) is 6.98. The van der Waals surface area contributed by atoms with Gasteiger partial charge in [0.05, 0.1) is 5.54 Å². The number of halogens is 3. The zero-order chi connectivity index (χ0) is 8.54. The van der Waals surface area contributed by atoms with E-state index in [4.69, 9.17) is 10.5 Å². The predicted octanol–water partition coefficient (Wildman–Crippen LogP) is 1.57. The second kappa shape index (κ2) is 3.85. The van der Waals surface area contributed by atoms with Gasteiger partial charge in [-0.05, 0) is 12.8 Å². The van der Waals surface area contributed by atoms with E-state index in [1.54, 1.807) is 0 Å². The van der Waals surface area contributed by atoms with Crippen LogP contribution in [0, 0.1) is 0 Å². The summed E-state index contributed by atoms with van der Waals surface area (Å²) >= 11 is 0. The van der Waals surface area contributed by atoms with Crippen molar-refractivity contribution in [2.75, 3.05) is 13.2 Å². The summed E-state index contributed by atoms with van der Waals surface area (Å²) in [6.07, 6.45) is 0.493. The van der Waals surface area contributed by atoms with Gasteiger partial charge in [0.2, 0.25) is 0 Å². The van der Waals surface area contributed by atoms with Gasteiger partial charge in [-0.25, -0.2) is 8.78 Å². The molecule has 0 aromatic heterocycles. The lowest BCUT2D eigenvalue weighted by atomic mass is 9.85. The third-order valence-corrected chi connectivity index (χ3v) is 2.26. The fourth-order valence-corrected chi connectivity index (χ4v) is 1.17. The molecular weight excluding hydrogens is 188 g/mol.